The second-order valence-electron chi connectivity index (χ2n) is 15.1. The van der Waals surface area contributed by atoms with Crippen molar-refractivity contribution < 1.29 is 9.53 Å². The Morgan fingerprint density at radius 1 is 1.04 bits per heavy atom. The average Bonchev–Trinajstić information content (AvgIpc) is 3.55. The number of hydrogen-bond acceptors (Lipinski definition) is 8. The molecule has 2 aromatic heterocycles. The lowest BCUT2D eigenvalue weighted by atomic mass is 9.65. The van der Waals surface area contributed by atoms with Gasteiger partial charge in [0.1, 0.15) is 17.4 Å². The smallest absolute Gasteiger partial charge is 0.225 e. The van der Waals surface area contributed by atoms with Crippen molar-refractivity contribution in [2.45, 2.75) is 90.0 Å². The lowest BCUT2D eigenvalue weighted by molar-refractivity contribution is -0.138. The van der Waals surface area contributed by atoms with Crippen molar-refractivity contribution in [1.82, 2.24) is 25.1 Å². The Morgan fingerprint density at radius 3 is 2.44 bits per heavy atom. The SMILES string of the molecule is COc1cc2nc(C)nc(N[C@H](C)c3cc(Br)cs3)c2cc1C1CCC(C(=O)N2CCN(CC3CCC4(CCNCC4)CC3)CC2)CC1. The minimum absolute atomic E-state index is 0.117. The summed E-state index contributed by atoms with van der Waals surface area (Å²) in [6.45, 7) is 11.6. The van der Waals surface area contributed by atoms with E-state index in [-0.39, 0.29) is 12.0 Å². The van der Waals surface area contributed by atoms with E-state index in [1.807, 2.05) is 6.92 Å². The van der Waals surface area contributed by atoms with Gasteiger partial charge in [0, 0.05) is 64.8 Å². The van der Waals surface area contributed by atoms with E-state index in [0.717, 1.165) is 90.5 Å². The first kappa shape index (κ1) is 34.2. The highest BCUT2D eigenvalue weighted by Gasteiger charge is 2.37. The predicted molar refractivity (Wildman–Crippen MR) is 199 cm³/mol. The molecular formula is C38H53BrN6O2S. The summed E-state index contributed by atoms with van der Waals surface area (Å²) in [7, 11) is 1.75. The summed E-state index contributed by atoms with van der Waals surface area (Å²) >= 11 is 5.32. The lowest BCUT2D eigenvalue weighted by Crippen LogP contribution is -2.51. The van der Waals surface area contributed by atoms with E-state index in [4.69, 9.17) is 14.7 Å². The molecule has 4 heterocycles. The van der Waals surface area contributed by atoms with Gasteiger partial charge >= 0.3 is 0 Å². The number of piperidine rings is 1. The summed E-state index contributed by atoms with van der Waals surface area (Å²) in [5.74, 6) is 4.18. The third-order valence-corrected chi connectivity index (χ3v) is 13.9. The molecule has 8 nitrogen and oxygen atoms in total. The van der Waals surface area contributed by atoms with Gasteiger partial charge in [-0.15, -0.1) is 11.3 Å². The molecule has 3 aromatic rings. The number of ether oxygens (including phenoxy) is 1. The van der Waals surface area contributed by atoms with Crippen LogP contribution in [0.5, 0.6) is 5.75 Å². The highest BCUT2D eigenvalue weighted by molar-refractivity contribution is 9.10. The summed E-state index contributed by atoms with van der Waals surface area (Å²) in [5, 5.41) is 10.3. The number of fused-ring (bicyclic) bond motifs is 1. The van der Waals surface area contributed by atoms with Gasteiger partial charge in [0.05, 0.1) is 18.7 Å². The van der Waals surface area contributed by atoms with Crippen LogP contribution in [0.4, 0.5) is 5.82 Å². The number of anilines is 1. The number of aromatic nitrogens is 2. The fourth-order valence-corrected chi connectivity index (χ4v) is 10.5. The Morgan fingerprint density at radius 2 is 1.77 bits per heavy atom. The van der Waals surface area contributed by atoms with Crippen molar-refractivity contribution in [3.05, 3.63) is 44.3 Å². The van der Waals surface area contributed by atoms with E-state index >= 15 is 0 Å². The third kappa shape index (κ3) is 7.57. The Bertz CT molecular complexity index is 1560. The van der Waals surface area contributed by atoms with Crippen LogP contribution in [0.25, 0.3) is 10.9 Å². The van der Waals surface area contributed by atoms with Gasteiger partial charge in [0.2, 0.25) is 5.91 Å². The van der Waals surface area contributed by atoms with E-state index in [2.05, 4.69) is 66.9 Å². The molecule has 0 radical (unpaired) electrons. The van der Waals surface area contributed by atoms with Crippen molar-refractivity contribution in [2.24, 2.45) is 17.3 Å². The monoisotopic (exact) mass is 736 g/mol. The third-order valence-electron chi connectivity index (χ3n) is 12.1. The highest BCUT2D eigenvalue weighted by Crippen LogP contribution is 2.46. The normalized spacial score (nSPS) is 24.5. The number of rotatable bonds is 8. The van der Waals surface area contributed by atoms with E-state index in [0.29, 0.717) is 17.2 Å². The summed E-state index contributed by atoms with van der Waals surface area (Å²) in [5.41, 5.74) is 2.74. The number of hydrogen-bond donors (Lipinski definition) is 2. The van der Waals surface area contributed by atoms with Crippen molar-refractivity contribution in [3.63, 3.8) is 0 Å². The summed E-state index contributed by atoms with van der Waals surface area (Å²) in [4.78, 5) is 29.4. The van der Waals surface area contributed by atoms with Gasteiger partial charge in [-0.2, -0.15) is 0 Å². The van der Waals surface area contributed by atoms with Crippen LogP contribution in [0.2, 0.25) is 0 Å². The van der Waals surface area contributed by atoms with Gasteiger partial charge in [-0.1, -0.05) is 0 Å². The first-order chi connectivity index (χ1) is 23.3. The van der Waals surface area contributed by atoms with Crippen molar-refractivity contribution >= 4 is 49.9 Å². The standard InChI is InChI=1S/C38H53BrN6O2S/c1-25(35-20-30(39)24-48-35)41-36-32-21-31(34(47-3)22-33(32)42-26(2)43-36)28-4-6-29(7-5-28)37(46)45-18-16-44(17-19-45)23-27-8-10-38(11-9-27)12-14-40-15-13-38/h20-22,24-25,27-29,40H,4-19,23H2,1-3H3,(H,41,42,43)/t25-,28?,29?/m1/s1. The number of benzene rings is 1. The highest BCUT2D eigenvalue weighted by atomic mass is 79.9. The zero-order valence-corrected chi connectivity index (χ0v) is 31.4. The fraction of sp³-hybridized carbons (Fsp3) is 0.658. The number of amides is 1. The maximum atomic E-state index is 13.7. The Kier molecular flexibility index (Phi) is 10.6. The fourth-order valence-electron chi connectivity index (χ4n) is 9.08. The molecule has 2 aliphatic heterocycles. The van der Waals surface area contributed by atoms with Crippen LogP contribution in [0, 0.1) is 24.2 Å². The van der Waals surface area contributed by atoms with Crippen LogP contribution in [-0.4, -0.2) is 78.6 Å². The average molecular weight is 738 g/mol. The molecule has 260 valence electrons. The van der Waals surface area contributed by atoms with Crippen molar-refractivity contribution in [3.8, 4) is 5.75 Å². The van der Waals surface area contributed by atoms with Crippen LogP contribution < -0.4 is 15.4 Å². The summed E-state index contributed by atoms with van der Waals surface area (Å²) in [6.07, 6.45) is 12.2. The molecule has 7 rings (SSSR count). The summed E-state index contributed by atoms with van der Waals surface area (Å²) in [6, 6.07) is 6.60. The molecule has 1 atom stereocenters. The van der Waals surface area contributed by atoms with E-state index in [9.17, 15) is 4.79 Å². The molecule has 2 saturated carbocycles. The molecule has 2 N–H and O–H groups in total. The van der Waals surface area contributed by atoms with Gasteiger partial charge in [-0.3, -0.25) is 9.69 Å². The maximum Gasteiger partial charge on any atom is 0.225 e. The second kappa shape index (κ2) is 14.9. The Hall–Kier alpha value is -2.27. The lowest BCUT2D eigenvalue weighted by Gasteiger charge is -2.45. The molecule has 2 saturated heterocycles. The number of thiophene rings is 1. The van der Waals surface area contributed by atoms with Crippen LogP contribution in [0.15, 0.2) is 28.1 Å². The maximum absolute atomic E-state index is 13.7. The molecule has 2 aliphatic carbocycles. The molecule has 48 heavy (non-hydrogen) atoms. The zero-order chi connectivity index (χ0) is 33.3. The van der Waals surface area contributed by atoms with E-state index in [1.54, 1.807) is 18.4 Å². The van der Waals surface area contributed by atoms with Crippen LogP contribution in [0.1, 0.15) is 99.4 Å². The van der Waals surface area contributed by atoms with Gasteiger partial charge in [0.15, 0.2) is 0 Å². The van der Waals surface area contributed by atoms with Gasteiger partial charge in [0.25, 0.3) is 0 Å². The zero-order valence-electron chi connectivity index (χ0n) is 29.0. The molecule has 1 aromatic carbocycles. The van der Waals surface area contributed by atoms with Crippen LogP contribution in [-0.2, 0) is 4.79 Å². The van der Waals surface area contributed by atoms with E-state index in [1.165, 1.54) is 68.6 Å². The predicted octanol–water partition coefficient (Wildman–Crippen LogP) is 7.92. The Labute approximate surface area is 298 Å². The van der Waals surface area contributed by atoms with Gasteiger partial charge in [-0.25, -0.2) is 9.97 Å². The Balaban J connectivity index is 0.939. The number of aryl methyl sites for hydroxylation is 1. The molecule has 0 bridgehead atoms. The van der Waals surface area contributed by atoms with Crippen molar-refractivity contribution in [2.75, 3.05) is 58.2 Å². The molecule has 1 spiro atoms. The second-order valence-corrected chi connectivity index (χ2v) is 17.0. The number of nitrogens with one attached hydrogen (secondary N) is 2. The number of methoxy groups -OCH3 is 1. The topological polar surface area (TPSA) is 82.6 Å². The molecular weight excluding hydrogens is 684 g/mol. The first-order valence-electron chi connectivity index (χ1n) is 18.4. The molecule has 0 unspecified atom stereocenters. The summed E-state index contributed by atoms with van der Waals surface area (Å²) < 4.78 is 7.04. The van der Waals surface area contributed by atoms with Crippen LogP contribution in [0.3, 0.4) is 0 Å². The largest absolute Gasteiger partial charge is 0.496 e. The molecule has 4 fully saturated rings. The van der Waals surface area contributed by atoms with Crippen LogP contribution >= 0.6 is 27.3 Å². The van der Waals surface area contributed by atoms with Gasteiger partial charge < -0.3 is 20.3 Å². The number of piperazine rings is 1. The minimum Gasteiger partial charge on any atom is -0.496 e. The van der Waals surface area contributed by atoms with Gasteiger partial charge in [-0.05, 0) is 142 Å². The van der Waals surface area contributed by atoms with Crippen molar-refractivity contribution in [1.29, 1.82) is 0 Å². The number of nitrogens with zero attached hydrogens (tertiary/aromatic N) is 4. The number of halogens is 1. The minimum atomic E-state index is 0.117. The number of carbonyl (C=O) groups excluding carboxylic acids is 1. The quantitative estimate of drug-likeness (QED) is 0.243. The number of carbonyl (C=O) groups is 1. The first-order valence-corrected chi connectivity index (χ1v) is 20.0. The van der Waals surface area contributed by atoms with E-state index < -0.39 is 0 Å². The molecule has 10 heteroatoms. The molecule has 1 amide bonds. The molecule has 4 aliphatic rings.